The fourth-order valence-corrected chi connectivity index (χ4v) is 5.99. The number of halogens is 1. The first-order chi connectivity index (χ1) is 18.4. The molecule has 3 atom stereocenters. The van der Waals surface area contributed by atoms with Crippen molar-refractivity contribution in [1.29, 1.82) is 0 Å². The molecule has 2 aliphatic heterocycles. The van der Waals surface area contributed by atoms with E-state index < -0.39 is 16.9 Å². The van der Waals surface area contributed by atoms with Crippen molar-refractivity contribution in [2.45, 2.75) is 58.1 Å². The van der Waals surface area contributed by atoms with E-state index in [0.717, 1.165) is 16.7 Å². The minimum absolute atomic E-state index is 0.000685. The molecule has 2 fully saturated rings. The number of benzene rings is 2. The Bertz CT molecular complexity index is 1210. The Morgan fingerprint density at radius 2 is 1.92 bits per heavy atom. The van der Waals surface area contributed by atoms with Crippen molar-refractivity contribution >= 4 is 17.6 Å². The molecule has 0 saturated carbocycles. The van der Waals surface area contributed by atoms with Crippen LogP contribution in [0.2, 0.25) is 0 Å². The molecule has 2 N–H and O–H groups in total. The van der Waals surface area contributed by atoms with E-state index in [1.165, 1.54) is 12.1 Å². The number of ether oxygens (including phenoxy) is 1. The highest BCUT2D eigenvalue weighted by Crippen LogP contribution is 2.49. The number of piperidine rings is 1. The number of hydrogen-bond donors (Lipinski definition) is 1. The maximum Gasteiger partial charge on any atom is 0.231 e. The molecule has 0 aliphatic carbocycles. The van der Waals surface area contributed by atoms with Gasteiger partial charge in [0.15, 0.2) is 5.78 Å². The summed E-state index contributed by atoms with van der Waals surface area (Å²) >= 11 is 0. The average molecular weight is 538 g/mol. The third-order valence-corrected chi connectivity index (χ3v) is 8.17. The lowest BCUT2D eigenvalue weighted by atomic mass is 9.69. The first-order valence-electron chi connectivity index (χ1n) is 13.7. The second-order valence-corrected chi connectivity index (χ2v) is 11.9. The van der Waals surface area contributed by atoms with Gasteiger partial charge in [-0.25, -0.2) is 4.39 Å². The standard InChI is InChI=1S/C31H40FN3O4/c1-21-7-5-8-22(15-21)18-39-19-24(16-27(36)30(2,3)33)28(37)35-14-6-13-31(20-35)26(17-34(4)29(31)38)23-9-11-25(32)12-10-23/h5,7-12,15,24,26H,6,13-14,16-20,33H2,1-4H3/t24-,26?,31?/m1/s1. The SMILES string of the molecule is Cc1cccc(COC[C@@H](CC(=O)C(C)(C)N)C(=O)N2CCCC3(C2)C(=O)N(C)CC3c2ccc(F)cc2)c1. The molecule has 2 aliphatic rings. The van der Waals surface area contributed by atoms with Crippen LogP contribution in [0.1, 0.15) is 55.7 Å². The number of likely N-dealkylation sites (tertiary alicyclic amines) is 2. The molecule has 2 heterocycles. The van der Waals surface area contributed by atoms with Crippen LogP contribution in [0, 0.1) is 24.1 Å². The molecular weight excluding hydrogens is 497 g/mol. The van der Waals surface area contributed by atoms with Gasteiger partial charge in [-0.2, -0.15) is 0 Å². The molecule has 0 radical (unpaired) electrons. The van der Waals surface area contributed by atoms with Gasteiger partial charge in [0, 0.05) is 39.0 Å². The van der Waals surface area contributed by atoms with Crippen LogP contribution in [0.5, 0.6) is 0 Å². The summed E-state index contributed by atoms with van der Waals surface area (Å²) in [5.41, 5.74) is 7.21. The molecule has 7 nitrogen and oxygen atoms in total. The predicted molar refractivity (Wildman–Crippen MR) is 147 cm³/mol. The highest BCUT2D eigenvalue weighted by molar-refractivity contribution is 5.92. The predicted octanol–water partition coefficient (Wildman–Crippen LogP) is 3.83. The normalized spacial score (nSPS) is 22.4. The number of rotatable bonds is 9. The van der Waals surface area contributed by atoms with Crippen LogP contribution >= 0.6 is 0 Å². The van der Waals surface area contributed by atoms with E-state index in [2.05, 4.69) is 0 Å². The summed E-state index contributed by atoms with van der Waals surface area (Å²) in [5, 5.41) is 0. The van der Waals surface area contributed by atoms with Crippen LogP contribution in [0.3, 0.4) is 0 Å². The lowest BCUT2D eigenvalue weighted by Crippen LogP contribution is -2.53. The summed E-state index contributed by atoms with van der Waals surface area (Å²) in [6, 6.07) is 14.3. The van der Waals surface area contributed by atoms with Gasteiger partial charge in [0.1, 0.15) is 5.82 Å². The highest BCUT2D eigenvalue weighted by Gasteiger charge is 2.55. The van der Waals surface area contributed by atoms with Crippen molar-refractivity contribution < 1.29 is 23.5 Å². The second-order valence-electron chi connectivity index (χ2n) is 11.9. The molecule has 210 valence electrons. The summed E-state index contributed by atoms with van der Waals surface area (Å²) < 4.78 is 19.6. The molecule has 8 heteroatoms. The van der Waals surface area contributed by atoms with Gasteiger partial charge in [-0.3, -0.25) is 14.4 Å². The fourth-order valence-electron chi connectivity index (χ4n) is 5.99. The number of nitrogens with two attached hydrogens (primary N) is 1. The van der Waals surface area contributed by atoms with Gasteiger partial charge in [0.25, 0.3) is 0 Å². The Hall–Kier alpha value is -3.10. The van der Waals surface area contributed by atoms with Crippen molar-refractivity contribution in [3.63, 3.8) is 0 Å². The van der Waals surface area contributed by atoms with Crippen LogP contribution in [0.25, 0.3) is 0 Å². The molecule has 2 saturated heterocycles. The van der Waals surface area contributed by atoms with E-state index in [0.29, 0.717) is 32.5 Å². The van der Waals surface area contributed by atoms with Crippen LogP contribution < -0.4 is 5.73 Å². The smallest absolute Gasteiger partial charge is 0.231 e. The Morgan fingerprint density at radius 3 is 2.59 bits per heavy atom. The molecule has 2 aromatic carbocycles. The lowest BCUT2D eigenvalue weighted by molar-refractivity contribution is -0.148. The second kappa shape index (κ2) is 11.6. The minimum Gasteiger partial charge on any atom is -0.376 e. The minimum atomic E-state index is -1.07. The molecule has 2 unspecified atom stereocenters. The van der Waals surface area contributed by atoms with Gasteiger partial charge in [-0.1, -0.05) is 42.0 Å². The fraction of sp³-hybridized carbons (Fsp3) is 0.516. The van der Waals surface area contributed by atoms with E-state index >= 15 is 0 Å². The van der Waals surface area contributed by atoms with Crippen LogP contribution in [-0.2, 0) is 25.7 Å². The van der Waals surface area contributed by atoms with Gasteiger partial charge in [0.2, 0.25) is 11.8 Å². The Morgan fingerprint density at radius 1 is 1.21 bits per heavy atom. The third kappa shape index (κ3) is 6.39. The molecule has 39 heavy (non-hydrogen) atoms. The van der Waals surface area contributed by atoms with Gasteiger partial charge in [-0.05, 0) is 56.9 Å². The zero-order valence-electron chi connectivity index (χ0n) is 23.4. The summed E-state index contributed by atoms with van der Waals surface area (Å²) in [7, 11) is 1.78. The van der Waals surface area contributed by atoms with E-state index in [-0.39, 0.29) is 48.9 Å². The first-order valence-corrected chi connectivity index (χ1v) is 13.7. The summed E-state index contributed by atoms with van der Waals surface area (Å²) in [4.78, 5) is 43.9. The number of aryl methyl sites for hydroxylation is 1. The molecule has 0 aromatic heterocycles. The summed E-state index contributed by atoms with van der Waals surface area (Å²) in [5.74, 6) is -1.61. The zero-order chi connectivity index (χ0) is 28.4. The van der Waals surface area contributed by atoms with Crippen LogP contribution in [0.4, 0.5) is 4.39 Å². The van der Waals surface area contributed by atoms with Crippen molar-refractivity contribution in [3.8, 4) is 0 Å². The van der Waals surface area contributed by atoms with Gasteiger partial charge in [0.05, 0.1) is 30.1 Å². The first kappa shape index (κ1) is 28.9. The number of likely N-dealkylation sites (N-methyl/N-ethyl adjacent to an activating group) is 1. The largest absolute Gasteiger partial charge is 0.376 e. The molecule has 2 amide bonds. The molecule has 0 bridgehead atoms. The van der Waals surface area contributed by atoms with Crippen molar-refractivity contribution in [2.75, 3.05) is 33.3 Å². The quantitative estimate of drug-likeness (QED) is 0.525. The summed E-state index contributed by atoms with van der Waals surface area (Å²) in [6.07, 6.45) is 1.27. The van der Waals surface area contributed by atoms with Gasteiger partial charge in [-0.15, -0.1) is 0 Å². The number of carbonyl (C=O) groups excluding carboxylic acids is 3. The number of nitrogens with zero attached hydrogens (tertiary/aromatic N) is 2. The van der Waals surface area contributed by atoms with E-state index in [1.54, 1.807) is 42.8 Å². The van der Waals surface area contributed by atoms with Crippen molar-refractivity contribution in [3.05, 3.63) is 71.0 Å². The lowest BCUT2D eigenvalue weighted by Gasteiger charge is -2.43. The van der Waals surface area contributed by atoms with Crippen LogP contribution in [-0.4, -0.2) is 66.2 Å². The number of Topliss-reactive ketones (excluding diaryl/α,β-unsaturated/α-hetero) is 1. The van der Waals surface area contributed by atoms with Gasteiger partial charge < -0.3 is 20.3 Å². The number of carbonyl (C=O) groups is 3. The molecular formula is C31H40FN3O4. The van der Waals surface area contributed by atoms with E-state index in [9.17, 15) is 18.8 Å². The number of amides is 2. The maximum atomic E-state index is 14.0. The van der Waals surface area contributed by atoms with Crippen LogP contribution in [0.15, 0.2) is 48.5 Å². The zero-order valence-corrected chi connectivity index (χ0v) is 23.4. The molecule has 2 aromatic rings. The monoisotopic (exact) mass is 537 g/mol. The Labute approximate surface area is 230 Å². The van der Waals surface area contributed by atoms with E-state index in [1.807, 2.05) is 31.2 Å². The topological polar surface area (TPSA) is 92.9 Å². The van der Waals surface area contributed by atoms with Crippen molar-refractivity contribution in [1.82, 2.24) is 9.80 Å². The average Bonchev–Trinajstić information content (AvgIpc) is 3.12. The number of hydrogen-bond acceptors (Lipinski definition) is 5. The van der Waals surface area contributed by atoms with Gasteiger partial charge >= 0.3 is 0 Å². The molecule has 1 spiro atoms. The summed E-state index contributed by atoms with van der Waals surface area (Å²) in [6.45, 7) is 6.95. The Kier molecular flexibility index (Phi) is 8.57. The molecule has 4 rings (SSSR count). The number of ketones is 1. The maximum absolute atomic E-state index is 14.0. The Balaban J connectivity index is 1.55. The van der Waals surface area contributed by atoms with E-state index in [4.69, 9.17) is 10.5 Å². The third-order valence-electron chi connectivity index (χ3n) is 8.17. The highest BCUT2D eigenvalue weighted by atomic mass is 19.1. The van der Waals surface area contributed by atoms with Crippen molar-refractivity contribution in [2.24, 2.45) is 17.1 Å².